The summed E-state index contributed by atoms with van der Waals surface area (Å²) in [7, 11) is 3.65. The number of thioether (sulfide) groups is 1. The third-order valence-electron chi connectivity index (χ3n) is 1.95. The van der Waals surface area contributed by atoms with Gasteiger partial charge in [0.05, 0.1) is 27.2 Å². The van der Waals surface area contributed by atoms with Crippen molar-refractivity contribution >= 4 is 29.7 Å². The molecule has 0 N–H and O–H groups in total. The highest BCUT2D eigenvalue weighted by Crippen LogP contribution is 2.18. The van der Waals surface area contributed by atoms with E-state index in [0.29, 0.717) is 0 Å². The predicted octanol–water partition coefficient (Wildman–Crippen LogP) is 0.243. The van der Waals surface area contributed by atoms with E-state index in [1.165, 1.54) is 21.3 Å². The summed E-state index contributed by atoms with van der Waals surface area (Å²) in [5.74, 6) is -1.94. The maximum absolute atomic E-state index is 11.3. The largest absolute Gasteiger partial charge is 0.469 e. The molecule has 0 spiro atoms. The van der Waals surface area contributed by atoms with Gasteiger partial charge in [-0.05, 0) is 0 Å². The topological polar surface area (TPSA) is 78.9 Å². The third-order valence-corrected chi connectivity index (χ3v) is 3.36. The highest BCUT2D eigenvalue weighted by Gasteiger charge is 2.30. The molecule has 0 aromatic heterocycles. The zero-order valence-corrected chi connectivity index (χ0v) is 11.0. The second kappa shape index (κ2) is 7.94. The van der Waals surface area contributed by atoms with Crippen LogP contribution in [0.3, 0.4) is 0 Å². The monoisotopic (exact) mass is 264 g/mol. The summed E-state index contributed by atoms with van der Waals surface area (Å²) in [6, 6.07) is 0. The van der Waals surface area contributed by atoms with Crippen LogP contribution >= 0.6 is 11.8 Å². The van der Waals surface area contributed by atoms with Crippen molar-refractivity contribution in [2.75, 3.05) is 27.1 Å². The first-order chi connectivity index (χ1) is 7.97. The maximum atomic E-state index is 11.3. The Kier molecular flexibility index (Phi) is 7.36. The molecule has 17 heavy (non-hydrogen) atoms. The lowest BCUT2D eigenvalue weighted by molar-refractivity contribution is -0.150. The third kappa shape index (κ3) is 5.08. The fourth-order valence-electron chi connectivity index (χ4n) is 0.956. The molecular formula is C10H16O6S. The van der Waals surface area contributed by atoms with Crippen molar-refractivity contribution in [1.29, 1.82) is 0 Å². The molecule has 1 unspecified atom stereocenters. The Morgan fingerprint density at radius 3 is 1.71 bits per heavy atom. The van der Waals surface area contributed by atoms with Crippen LogP contribution in [0.2, 0.25) is 0 Å². The minimum atomic E-state index is -1.07. The van der Waals surface area contributed by atoms with E-state index in [0.717, 1.165) is 11.8 Å². The molecule has 0 aromatic carbocycles. The number of carbonyl (C=O) groups excluding carboxylic acids is 3. The Morgan fingerprint density at radius 1 is 0.941 bits per heavy atom. The predicted molar refractivity (Wildman–Crippen MR) is 61.5 cm³/mol. The molecule has 0 heterocycles. The van der Waals surface area contributed by atoms with Crippen molar-refractivity contribution in [2.45, 2.75) is 12.2 Å². The number of hydrogen-bond donors (Lipinski definition) is 0. The molecule has 0 saturated heterocycles. The lowest BCUT2D eigenvalue weighted by Gasteiger charge is -2.14. The van der Waals surface area contributed by atoms with Crippen LogP contribution in [0.5, 0.6) is 0 Å². The van der Waals surface area contributed by atoms with Gasteiger partial charge in [0, 0.05) is 5.75 Å². The van der Waals surface area contributed by atoms with Gasteiger partial charge in [0.1, 0.15) is 0 Å². The van der Waals surface area contributed by atoms with Gasteiger partial charge in [-0.1, -0.05) is 6.92 Å². The van der Waals surface area contributed by atoms with Gasteiger partial charge >= 0.3 is 17.9 Å². The summed E-state index contributed by atoms with van der Waals surface area (Å²) in [4.78, 5) is 33.7. The van der Waals surface area contributed by atoms with Crippen LogP contribution in [0.15, 0.2) is 0 Å². The molecule has 0 amide bonds. The molecule has 6 nitrogen and oxygen atoms in total. The van der Waals surface area contributed by atoms with Crippen molar-refractivity contribution in [3.05, 3.63) is 0 Å². The van der Waals surface area contributed by atoms with Crippen molar-refractivity contribution in [1.82, 2.24) is 0 Å². The summed E-state index contributed by atoms with van der Waals surface area (Å²) < 4.78 is 13.5. The Hall–Kier alpha value is -1.24. The average Bonchev–Trinajstić information content (AvgIpc) is 2.36. The first kappa shape index (κ1) is 15.8. The lowest BCUT2D eigenvalue weighted by Crippen LogP contribution is -2.31. The van der Waals surface area contributed by atoms with E-state index < -0.39 is 29.1 Å². The number of hydrogen-bond acceptors (Lipinski definition) is 7. The molecule has 0 bridgehead atoms. The molecule has 0 saturated carbocycles. The van der Waals surface area contributed by atoms with Gasteiger partial charge in [-0.2, -0.15) is 0 Å². The Labute approximate surface area is 104 Å². The van der Waals surface area contributed by atoms with Gasteiger partial charge < -0.3 is 14.2 Å². The van der Waals surface area contributed by atoms with Crippen LogP contribution in [-0.4, -0.2) is 50.2 Å². The number of carbonyl (C=O) groups is 3. The van der Waals surface area contributed by atoms with Crippen LogP contribution in [0.4, 0.5) is 0 Å². The van der Waals surface area contributed by atoms with E-state index in [4.69, 9.17) is 0 Å². The first-order valence-electron chi connectivity index (χ1n) is 4.83. The van der Waals surface area contributed by atoms with E-state index in [1.54, 1.807) is 6.92 Å². The molecule has 0 aliphatic carbocycles. The normalized spacial score (nSPS) is 11.8. The fraction of sp³-hybridized carbons (Fsp3) is 0.700. The molecule has 1 atom stereocenters. The van der Waals surface area contributed by atoms with Crippen LogP contribution in [0.1, 0.15) is 6.92 Å². The second-order valence-electron chi connectivity index (χ2n) is 3.18. The summed E-state index contributed by atoms with van der Waals surface area (Å²) in [6.07, 6.45) is 0. The number of methoxy groups -OCH3 is 3. The Morgan fingerprint density at radius 2 is 1.35 bits per heavy atom. The standard InChI is InChI=1S/C10H16O6S/c1-6(8(11)14-2)5-17-7(9(12)15-3)10(13)16-4/h6-7H,5H2,1-4H3. The smallest absolute Gasteiger partial charge is 0.330 e. The van der Waals surface area contributed by atoms with Gasteiger partial charge in [0.15, 0.2) is 5.25 Å². The van der Waals surface area contributed by atoms with Gasteiger partial charge in [-0.3, -0.25) is 14.4 Å². The molecule has 7 heteroatoms. The molecule has 0 rings (SSSR count). The summed E-state index contributed by atoms with van der Waals surface area (Å²) in [5.41, 5.74) is 0. The van der Waals surface area contributed by atoms with Crippen LogP contribution < -0.4 is 0 Å². The van der Waals surface area contributed by atoms with Crippen LogP contribution in [-0.2, 0) is 28.6 Å². The number of ether oxygens (including phenoxy) is 3. The molecule has 98 valence electrons. The highest BCUT2D eigenvalue weighted by atomic mass is 32.2. The number of rotatable bonds is 6. The van der Waals surface area contributed by atoms with E-state index in [2.05, 4.69) is 14.2 Å². The molecule has 0 aliphatic heterocycles. The SMILES string of the molecule is COC(=O)C(C)CSC(C(=O)OC)C(=O)OC. The van der Waals surface area contributed by atoms with Gasteiger partial charge in [0.25, 0.3) is 0 Å². The minimum Gasteiger partial charge on any atom is -0.469 e. The van der Waals surface area contributed by atoms with Crippen molar-refractivity contribution in [3.63, 3.8) is 0 Å². The Balaban J connectivity index is 4.41. The van der Waals surface area contributed by atoms with Crippen LogP contribution in [0, 0.1) is 5.92 Å². The summed E-state index contributed by atoms with van der Waals surface area (Å²) in [6.45, 7) is 1.64. The lowest BCUT2D eigenvalue weighted by atomic mass is 10.2. The molecular weight excluding hydrogens is 248 g/mol. The first-order valence-corrected chi connectivity index (χ1v) is 5.87. The summed E-state index contributed by atoms with van der Waals surface area (Å²) >= 11 is 0.989. The van der Waals surface area contributed by atoms with Crippen molar-refractivity contribution in [3.8, 4) is 0 Å². The zero-order valence-electron chi connectivity index (χ0n) is 10.2. The van der Waals surface area contributed by atoms with Crippen molar-refractivity contribution in [2.24, 2.45) is 5.92 Å². The Bertz CT molecular complexity index is 275. The zero-order chi connectivity index (χ0) is 13.4. The quantitative estimate of drug-likeness (QED) is 0.386. The minimum absolute atomic E-state index is 0.265. The number of esters is 3. The van der Waals surface area contributed by atoms with Crippen molar-refractivity contribution < 1.29 is 28.6 Å². The maximum Gasteiger partial charge on any atom is 0.330 e. The molecule has 0 fully saturated rings. The second-order valence-corrected chi connectivity index (χ2v) is 4.32. The molecule has 0 aromatic rings. The molecule has 0 aliphatic rings. The van der Waals surface area contributed by atoms with Gasteiger partial charge in [-0.15, -0.1) is 11.8 Å². The average molecular weight is 264 g/mol. The van der Waals surface area contributed by atoms with Crippen LogP contribution in [0.25, 0.3) is 0 Å². The van der Waals surface area contributed by atoms with Gasteiger partial charge in [0.2, 0.25) is 0 Å². The fourth-order valence-corrected chi connectivity index (χ4v) is 2.04. The van der Waals surface area contributed by atoms with E-state index in [9.17, 15) is 14.4 Å². The van der Waals surface area contributed by atoms with E-state index in [1.807, 2.05) is 0 Å². The summed E-state index contributed by atoms with van der Waals surface area (Å²) in [5, 5.41) is -1.07. The van der Waals surface area contributed by atoms with E-state index in [-0.39, 0.29) is 5.75 Å². The van der Waals surface area contributed by atoms with Gasteiger partial charge in [-0.25, -0.2) is 0 Å². The van der Waals surface area contributed by atoms with E-state index >= 15 is 0 Å². The highest BCUT2D eigenvalue weighted by molar-refractivity contribution is 8.01. The molecule has 0 radical (unpaired) electrons.